The summed E-state index contributed by atoms with van der Waals surface area (Å²) in [7, 11) is 0. The molecule has 5 heteroatoms. The molecule has 0 fully saturated rings. The van der Waals surface area contributed by atoms with Crippen LogP contribution in [0.3, 0.4) is 0 Å². The molecule has 0 radical (unpaired) electrons. The van der Waals surface area contributed by atoms with Crippen LogP contribution < -0.4 is 5.32 Å². The van der Waals surface area contributed by atoms with Crippen molar-refractivity contribution in [2.75, 3.05) is 6.61 Å². The highest BCUT2D eigenvalue weighted by atomic mass is 32.1. The van der Waals surface area contributed by atoms with Gasteiger partial charge < -0.3 is 10.4 Å². The number of aryl methyl sites for hydroxylation is 1. The Hall–Kier alpha value is -1.46. The van der Waals surface area contributed by atoms with Gasteiger partial charge >= 0.3 is 0 Å². The van der Waals surface area contributed by atoms with Gasteiger partial charge in [0.1, 0.15) is 0 Å². The molecule has 0 saturated carbocycles. The number of aliphatic hydroxyl groups excluding tert-OH is 1. The third-order valence-electron chi connectivity index (χ3n) is 2.73. The number of carbonyl (C=O) groups is 1. The monoisotopic (exact) mass is 264 g/mol. The molecule has 1 unspecified atom stereocenters. The predicted molar refractivity (Wildman–Crippen MR) is 72.2 cm³/mol. The lowest BCUT2D eigenvalue weighted by Gasteiger charge is -2.10. The number of rotatable bonds is 4. The van der Waals surface area contributed by atoms with E-state index in [4.69, 9.17) is 5.11 Å². The summed E-state index contributed by atoms with van der Waals surface area (Å²) in [5.74, 6) is -0.116. The zero-order chi connectivity index (χ0) is 13.1. The molecule has 4 nitrogen and oxygen atoms in total. The van der Waals surface area contributed by atoms with Crippen LogP contribution in [-0.4, -0.2) is 28.6 Å². The number of hydrogen-bond acceptors (Lipinski definition) is 4. The molecule has 1 heterocycles. The molecular weight excluding hydrogens is 248 g/mol. The van der Waals surface area contributed by atoms with Crippen molar-refractivity contribution in [3.05, 3.63) is 33.8 Å². The molecular formula is C13H16N2O2S. The van der Waals surface area contributed by atoms with E-state index in [9.17, 15) is 4.79 Å². The van der Waals surface area contributed by atoms with Crippen molar-refractivity contribution in [3.8, 4) is 0 Å². The molecule has 1 aromatic rings. The Morgan fingerprint density at radius 1 is 1.67 bits per heavy atom. The molecule has 1 amide bonds. The van der Waals surface area contributed by atoms with E-state index in [1.165, 1.54) is 0 Å². The first kappa shape index (κ1) is 13.0. The summed E-state index contributed by atoms with van der Waals surface area (Å²) in [6, 6.07) is -0.219. The quantitative estimate of drug-likeness (QED) is 0.869. The smallest absolute Gasteiger partial charge is 0.247 e. The standard InChI is InChI=1S/C13H16N2O2S/c1-8(6-16)14-13(17)11-4-3-10(5-11)12-7-18-9(2)15-12/h3,5,7-8,16H,4,6H2,1-2H3,(H,14,17). The largest absolute Gasteiger partial charge is 0.394 e. The van der Waals surface area contributed by atoms with E-state index in [0.29, 0.717) is 6.42 Å². The Labute approximate surface area is 110 Å². The van der Waals surface area contributed by atoms with Crippen LogP contribution in [-0.2, 0) is 4.79 Å². The first-order chi connectivity index (χ1) is 8.60. The molecule has 1 aliphatic rings. The molecule has 1 aromatic heterocycles. The van der Waals surface area contributed by atoms with E-state index in [1.807, 2.05) is 24.5 Å². The third-order valence-corrected chi connectivity index (χ3v) is 3.50. The zero-order valence-electron chi connectivity index (χ0n) is 10.4. The van der Waals surface area contributed by atoms with Gasteiger partial charge in [-0.05, 0) is 31.9 Å². The van der Waals surface area contributed by atoms with Crippen LogP contribution in [0, 0.1) is 6.92 Å². The third kappa shape index (κ3) is 2.86. The normalized spacial score (nSPS) is 16.2. The van der Waals surface area contributed by atoms with Gasteiger partial charge in [0, 0.05) is 17.0 Å². The van der Waals surface area contributed by atoms with Gasteiger partial charge in [0.05, 0.1) is 17.3 Å². The van der Waals surface area contributed by atoms with Crippen molar-refractivity contribution in [2.45, 2.75) is 26.3 Å². The fraction of sp³-hybridized carbons (Fsp3) is 0.385. The van der Waals surface area contributed by atoms with E-state index < -0.39 is 0 Å². The molecule has 0 aliphatic heterocycles. The summed E-state index contributed by atoms with van der Waals surface area (Å²) >= 11 is 1.60. The van der Waals surface area contributed by atoms with Crippen LogP contribution in [0.4, 0.5) is 0 Å². The Morgan fingerprint density at radius 2 is 2.44 bits per heavy atom. The van der Waals surface area contributed by atoms with Crippen LogP contribution in [0.5, 0.6) is 0 Å². The number of hydrogen-bond donors (Lipinski definition) is 2. The van der Waals surface area contributed by atoms with Crippen molar-refractivity contribution in [1.82, 2.24) is 10.3 Å². The summed E-state index contributed by atoms with van der Waals surface area (Å²) in [4.78, 5) is 16.3. The molecule has 0 saturated heterocycles. The fourth-order valence-corrected chi connectivity index (χ4v) is 2.34. The van der Waals surface area contributed by atoms with Gasteiger partial charge in [-0.2, -0.15) is 0 Å². The lowest BCUT2D eigenvalue weighted by Crippen LogP contribution is -2.35. The Balaban J connectivity index is 2.05. The zero-order valence-corrected chi connectivity index (χ0v) is 11.3. The van der Waals surface area contributed by atoms with Crippen molar-refractivity contribution in [3.63, 3.8) is 0 Å². The van der Waals surface area contributed by atoms with Gasteiger partial charge in [-0.25, -0.2) is 4.98 Å². The number of nitrogens with one attached hydrogen (secondary N) is 1. The maximum absolute atomic E-state index is 11.9. The minimum absolute atomic E-state index is 0.0510. The minimum Gasteiger partial charge on any atom is -0.394 e. The summed E-state index contributed by atoms with van der Waals surface area (Å²) in [5, 5.41) is 14.7. The van der Waals surface area contributed by atoms with Crippen molar-refractivity contribution in [2.24, 2.45) is 0 Å². The van der Waals surface area contributed by atoms with Crippen LogP contribution in [0.1, 0.15) is 24.0 Å². The average Bonchev–Trinajstić information content (AvgIpc) is 2.96. The van der Waals surface area contributed by atoms with Crippen molar-refractivity contribution in [1.29, 1.82) is 0 Å². The fourth-order valence-electron chi connectivity index (χ4n) is 1.72. The number of aromatic nitrogens is 1. The molecule has 96 valence electrons. The molecule has 0 aromatic carbocycles. The molecule has 0 bridgehead atoms. The van der Waals surface area contributed by atoms with Crippen molar-refractivity contribution >= 4 is 22.8 Å². The second-order valence-electron chi connectivity index (χ2n) is 4.34. The number of amides is 1. The topological polar surface area (TPSA) is 62.2 Å². The van der Waals surface area contributed by atoms with Crippen LogP contribution in [0.15, 0.2) is 23.1 Å². The number of aliphatic hydroxyl groups is 1. The average molecular weight is 264 g/mol. The van der Waals surface area contributed by atoms with E-state index in [1.54, 1.807) is 18.3 Å². The maximum Gasteiger partial charge on any atom is 0.247 e. The Morgan fingerprint density at radius 3 is 3.06 bits per heavy atom. The molecule has 0 spiro atoms. The van der Waals surface area contributed by atoms with Gasteiger partial charge in [0.15, 0.2) is 0 Å². The van der Waals surface area contributed by atoms with Crippen LogP contribution in [0.2, 0.25) is 0 Å². The highest BCUT2D eigenvalue weighted by Crippen LogP contribution is 2.27. The van der Waals surface area contributed by atoms with Crippen molar-refractivity contribution < 1.29 is 9.90 Å². The minimum atomic E-state index is -0.219. The van der Waals surface area contributed by atoms with Crippen LogP contribution in [0.25, 0.3) is 5.57 Å². The maximum atomic E-state index is 11.9. The number of carbonyl (C=O) groups excluding carboxylic acids is 1. The van der Waals surface area contributed by atoms with Gasteiger partial charge in [-0.15, -0.1) is 11.3 Å². The molecule has 2 N–H and O–H groups in total. The van der Waals surface area contributed by atoms with E-state index >= 15 is 0 Å². The van der Waals surface area contributed by atoms with Gasteiger partial charge in [-0.1, -0.05) is 6.08 Å². The van der Waals surface area contributed by atoms with Crippen LogP contribution >= 0.6 is 11.3 Å². The lowest BCUT2D eigenvalue weighted by atomic mass is 10.2. The predicted octanol–water partition coefficient (Wildman–Crippen LogP) is 1.66. The van der Waals surface area contributed by atoms with E-state index in [2.05, 4.69) is 10.3 Å². The molecule has 1 atom stereocenters. The molecule has 1 aliphatic carbocycles. The van der Waals surface area contributed by atoms with Gasteiger partial charge in [0.25, 0.3) is 0 Å². The lowest BCUT2D eigenvalue weighted by molar-refractivity contribution is -0.118. The second-order valence-corrected chi connectivity index (χ2v) is 5.40. The number of thiazole rings is 1. The molecule has 18 heavy (non-hydrogen) atoms. The molecule has 2 rings (SSSR count). The van der Waals surface area contributed by atoms with E-state index in [0.717, 1.165) is 21.8 Å². The SMILES string of the molecule is Cc1nc(C2=CCC(C(=O)NC(C)CO)=C2)cs1. The summed E-state index contributed by atoms with van der Waals surface area (Å²) < 4.78 is 0. The summed E-state index contributed by atoms with van der Waals surface area (Å²) in [5.41, 5.74) is 2.65. The Bertz CT molecular complexity index is 517. The first-order valence-corrected chi connectivity index (χ1v) is 6.73. The number of nitrogens with zero attached hydrogens (tertiary/aromatic N) is 1. The number of allylic oxidation sites excluding steroid dienone is 3. The van der Waals surface area contributed by atoms with Gasteiger partial charge in [-0.3, -0.25) is 4.79 Å². The second kappa shape index (κ2) is 5.46. The van der Waals surface area contributed by atoms with E-state index in [-0.39, 0.29) is 18.6 Å². The first-order valence-electron chi connectivity index (χ1n) is 5.85. The summed E-state index contributed by atoms with van der Waals surface area (Å²) in [6.45, 7) is 3.68. The Kier molecular flexibility index (Phi) is 3.93. The highest BCUT2D eigenvalue weighted by Gasteiger charge is 2.17. The van der Waals surface area contributed by atoms with Gasteiger partial charge in [0.2, 0.25) is 5.91 Å². The summed E-state index contributed by atoms with van der Waals surface area (Å²) in [6.07, 6.45) is 4.50. The highest BCUT2D eigenvalue weighted by molar-refractivity contribution is 7.09.